The highest BCUT2D eigenvalue weighted by molar-refractivity contribution is 5.74. The summed E-state index contributed by atoms with van der Waals surface area (Å²) < 4.78 is 3.91. The molecule has 24 heavy (non-hydrogen) atoms. The SMILES string of the molecule is Cc1nn(C)c(C)c1[C@@H](C)NC(=O)NCc1nccn1CC(C)C. The molecule has 132 valence electrons. The monoisotopic (exact) mass is 332 g/mol. The lowest BCUT2D eigenvalue weighted by Crippen LogP contribution is -2.37. The number of rotatable bonds is 6. The topological polar surface area (TPSA) is 76.8 Å². The van der Waals surface area contributed by atoms with Crippen LogP contribution in [0, 0.1) is 19.8 Å². The van der Waals surface area contributed by atoms with Gasteiger partial charge in [0, 0.05) is 37.2 Å². The number of amides is 2. The Morgan fingerprint density at radius 2 is 2.00 bits per heavy atom. The van der Waals surface area contributed by atoms with Crippen LogP contribution in [0.1, 0.15) is 49.6 Å². The van der Waals surface area contributed by atoms with Crippen LogP contribution in [0.5, 0.6) is 0 Å². The molecular formula is C17H28N6O. The lowest BCUT2D eigenvalue weighted by Gasteiger charge is -2.16. The van der Waals surface area contributed by atoms with Crippen molar-refractivity contribution in [2.45, 2.75) is 53.8 Å². The average molecular weight is 332 g/mol. The van der Waals surface area contributed by atoms with Gasteiger partial charge in [-0.15, -0.1) is 0 Å². The van der Waals surface area contributed by atoms with Crippen molar-refractivity contribution in [1.29, 1.82) is 0 Å². The molecule has 2 aromatic heterocycles. The van der Waals surface area contributed by atoms with Crippen molar-refractivity contribution < 1.29 is 4.79 Å². The fourth-order valence-electron chi connectivity index (χ4n) is 2.96. The number of imidazole rings is 1. The second-order valence-electron chi connectivity index (χ2n) is 6.65. The Morgan fingerprint density at radius 1 is 1.29 bits per heavy atom. The minimum absolute atomic E-state index is 0.103. The van der Waals surface area contributed by atoms with Crippen molar-refractivity contribution in [2.24, 2.45) is 13.0 Å². The van der Waals surface area contributed by atoms with Gasteiger partial charge in [-0.1, -0.05) is 13.8 Å². The Morgan fingerprint density at radius 3 is 2.58 bits per heavy atom. The summed E-state index contributed by atoms with van der Waals surface area (Å²) in [5.41, 5.74) is 3.07. The Labute approximate surface area is 143 Å². The van der Waals surface area contributed by atoms with Gasteiger partial charge in [0.05, 0.1) is 18.3 Å². The highest BCUT2D eigenvalue weighted by Crippen LogP contribution is 2.20. The van der Waals surface area contributed by atoms with Crippen LogP contribution in [0.25, 0.3) is 0 Å². The zero-order valence-corrected chi connectivity index (χ0v) is 15.4. The molecule has 0 aromatic carbocycles. The molecule has 0 saturated heterocycles. The summed E-state index contributed by atoms with van der Waals surface area (Å²) >= 11 is 0. The first-order valence-corrected chi connectivity index (χ1v) is 8.34. The fourth-order valence-corrected chi connectivity index (χ4v) is 2.96. The van der Waals surface area contributed by atoms with Gasteiger partial charge < -0.3 is 15.2 Å². The molecule has 2 amide bonds. The van der Waals surface area contributed by atoms with Crippen LogP contribution in [-0.4, -0.2) is 25.4 Å². The summed E-state index contributed by atoms with van der Waals surface area (Å²) in [6.45, 7) is 11.5. The van der Waals surface area contributed by atoms with E-state index in [-0.39, 0.29) is 12.1 Å². The molecule has 0 aliphatic rings. The van der Waals surface area contributed by atoms with Gasteiger partial charge in [0.1, 0.15) is 5.82 Å². The molecule has 0 unspecified atom stereocenters. The molecule has 0 bridgehead atoms. The molecule has 0 radical (unpaired) electrons. The van der Waals surface area contributed by atoms with Gasteiger partial charge in [-0.2, -0.15) is 5.10 Å². The highest BCUT2D eigenvalue weighted by Gasteiger charge is 2.18. The minimum Gasteiger partial charge on any atom is -0.333 e. The molecular weight excluding hydrogens is 304 g/mol. The van der Waals surface area contributed by atoms with E-state index in [1.54, 1.807) is 6.20 Å². The molecule has 2 N–H and O–H groups in total. The van der Waals surface area contributed by atoms with E-state index in [9.17, 15) is 4.79 Å². The van der Waals surface area contributed by atoms with Crippen molar-refractivity contribution in [2.75, 3.05) is 0 Å². The summed E-state index contributed by atoms with van der Waals surface area (Å²) in [7, 11) is 1.91. The van der Waals surface area contributed by atoms with Gasteiger partial charge in [0.25, 0.3) is 0 Å². The third-order valence-corrected chi connectivity index (χ3v) is 4.12. The van der Waals surface area contributed by atoms with E-state index in [1.165, 1.54) is 0 Å². The number of aromatic nitrogens is 4. The molecule has 1 atom stereocenters. The smallest absolute Gasteiger partial charge is 0.315 e. The van der Waals surface area contributed by atoms with Crippen LogP contribution in [0.3, 0.4) is 0 Å². The molecule has 0 saturated carbocycles. The van der Waals surface area contributed by atoms with E-state index in [2.05, 4.69) is 39.1 Å². The van der Waals surface area contributed by atoms with Gasteiger partial charge >= 0.3 is 6.03 Å². The molecule has 7 nitrogen and oxygen atoms in total. The highest BCUT2D eigenvalue weighted by atomic mass is 16.2. The third-order valence-electron chi connectivity index (χ3n) is 4.12. The zero-order chi connectivity index (χ0) is 17.9. The van der Waals surface area contributed by atoms with Gasteiger partial charge in [-0.3, -0.25) is 4.68 Å². The first-order valence-electron chi connectivity index (χ1n) is 8.34. The minimum atomic E-state index is -0.204. The van der Waals surface area contributed by atoms with Gasteiger partial charge in [-0.25, -0.2) is 9.78 Å². The van der Waals surface area contributed by atoms with Crippen LogP contribution in [0.15, 0.2) is 12.4 Å². The maximum atomic E-state index is 12.2. The summed E-state index contributed by atoms with van der Waals surface area (Å²) in [5.74, 6) is 1.39. The summed E-state index contributed by atoms with van der Waals surface area (Å²) in [5, 5.41) is 10.3. The van der Waals surface area contributed by atoms with Crippen LogP contribution >= 0.6 is 0 Å². The van der Waals surface area contributed by atoms with E-state index >= 15 is 0 Å². The number of hydrogen-bond acceptors (Lipinski definition) is 3. The molecule has 7 heteroatoms. The molecule has 0 fully saturated rings. The number of urea groups is 1. The standard InChI is InChI=1S/C17H28N6O/c1-11(2)10-23-8-7-18-15(23)9-19-17(24)20-12(3)16-13(4)21-22(6)14(16)5/h7-8,11-12H,9-10H2,1-6H3,(H2,19,20,24)/t12-/m1/s1. The molecule has 0 spiro atoms. The Balaban J connectivity index is 1.93. The molecule has 2 rings (SSSR count). The average Bonchev–Trinajstić information content (AvgIpc) is 3.01. The number of carbonyl (C=O) groups is 1. The Bertz CT molecular complexity index is 700. The maximum absolute atomic E-state index is 12.2. The summed E-state index contributed by atoms with van der Waals surface area (Å²) in [4.78, 5) is 16.5. The van der Waals surface area contributed by atoms with E-state index in [1.807, 2.05) is 38.7 Å². The maximum Gasteiger partial charge on any atom is 0.315 e. The molecule has 2 aromatic rings. The van der Waals surface area contributed by atoms with Crippen LogP contribution < -0.4 is 10.6 Å². The van der Waals surface area contributed by atoms with Gasteiger partial charge in [0.2, 0.25) is 0 Å². The number of hydrogen-bond donors (Lipinski definition) is 2. The summed E-state index contributed by atoms with van der Waals surface area (Å²) in [6, 6.07) is -0.307. The largest absolute Gasteiger partial charge is 0.333 e. The zero-order valence-electron chi connectivity index (χ0n) is 15.4. The Hall–Kier alpha value is -2.31. The van der Waals surface area contributed by atoms with Crippen molar-refractivity contribution in [3.63, 3.8) is 0 Å². The first-order chi connectivity index (χ1) is 11.3. The number of carbonyl (C=O) groups excluding carboxylic acids is 1. The van der Waals surface area contributed by atoms with E-state index < -0.39 is 0 Å². The number of nitrogens with zero attached hydrogens (tertiary/aromatic N) is 4. The first kappa shape index (κ1) is 18.0. The van der Waals surface area contributed by atoms with Crippen LogP contribution in [0.4, 0.5) is 4.79 Å². The van der Waals surface area contributed by atoms with Gasteiger partial charge in [0.15, 0.2) is 0 Å². The van der Waals surface area contributed by atoms with E-state index in [4.69, 9.17) is 0 Å². The van der Waals surface area contributed by atoms with Crippen molar-refractivity contribution in [3.05, 3.63) is 35.2 Å². The van der Waals surface area contributed by atoms with Gasteiger partial charge in [-0.05, 0) is 26.7 Å². The quantitative estimate of drug-likeness (QED) is 0.853. The second kappa shape index (κ2) is 7.51. The number of aryl methyl sites for hydroxylation is 2. The Kier molecular flexibility index (Phi) is 5.64. The van der Waals surface area contributed by atoms with E-state index in [0.717, 1.165) is 29.3 Å². The molecule has 2 heterocycles. The molecule has 0 aliphatic heterocycles. The van der Waals surface area contributed by atoms with Crippen LogP contribution in [0.2, 0.25) is 0 Å². The normalized spacial score (nSPS) is 12.5. The van der Waals surface area contributed by atoms with Crippen LogP contribution in [-0.2, 0) is 20.1 Å². The van der Waals surface area contributed by atoms with Crippen molar-refractivity contribution in [3.8, 4) is 0 Å². The lowest BCUT2D eigenvalue weighted by atomic mass is 10.1. The second-order valence-corrected chi connectivity index (χ2v) is 6.65. The predicted octanol–water partition coefficient (Wildman–Crippen LogP) is 2.45. The van der Waals surface area contributed by atoms with E-state index in [0.29, 0.717) is 12.5 Å². The predicted molar refractivity (Wildman–Crippen MR) is 93.5 cm³/mol. The fraction of sp³-hybridized carbons (Fsp3) is 0.588. The van der Waals surface area contributed by atoms with Crippen molar-refractivity contribution >= 4 is 6.03 Å². The number of nitrogens with one attached hydrogen (secondary N) is 2. The van der Waals surface area contributed by atoms with Crippen molar-refractivity contribution in [1.82, 2.24) is 30.0 Å². The third kappa shape index (κ3) is 4.15. The molecule has 0 aliphatic carbocycles. The lowest BCUT2D eigenvalue weighted by molar-refractivity contribution is 0.237. The summed E-state index contributed by atoms with van der Waals surface area (Å²) in [6.07, 6.45) is 3.71.